The third-order valence-electron chi connectivity index (χ3n) is 2.65. The first-order valence-corrected chi connectivity index (χ1v) is 5.45. The van der Waals surface area contributed by atoms with Gasteiger partial charge in [0.15, 0.2) is 0 Å². The van der Waals surface area contributed by atoms with Crippen molar-refractivity contribution in [2.75, 3.05) is 0 Å². The van der Waals surface area contributed by atoms with E-state index in [-0.39, 0.29) is 5.82 Å². The molecule has 2 aromatic rings. The van der Waals surface area contributed by atoms with E-state index in [1.807, 2.05) is 17.7 Å². The van der Waals surface area contributed by atoms with Gasteiger partial charge in [0.25, 0.3) is 0 Å². The SMILES string of the molecule is Cc1ccc(CNCc2nncn2C)cc1F. The fourth-order valence-corrected chi connectivity index (χ4v) is 1.53. The van der Waals surface area contributed by atoms with Crippen LogP contribution in [-0.4, -0.2) is 14.8 Å². The summed E-state index contributed by atoms with van der Waals surface area (Å²) in [6, 6.07) is 5.26. The first-order chi connectivity index (χ1) is 8.16. The van der Waals surface area contributed by atoms with Gasteiger partial charge in [-0.05, 0) is 24.1 Å². The fraction of sp³-hybridized carbons (Fsp3) is 0.333. The van der Waals surface area contributed by atoms with Crippen LogP contribution in [0.15, 0.2) is 24.5 Å². The van der Waals surface area contributed by atoms with Crippen molar-refractivity contribution in [1.29, 1.82) is 0 Å². The normalized spacial score (nSPS) is 10.8. The highest BCUT2D eigenvalue weighted by Crippen LogP contribution is 2.08. The monoisotopic (exact) mass is 234 g/mol. The van der Waals surface area contributed by atoms with Gasteiger partial charge in [-0.2, -0.15) is 0 Å². The Morgan fingerprint density at radius 1 is 1.35 bits per heavy atom. The van der Waals surface area contributed by atoms with Crippen molar-refractivity contribution < 1.29 is 4.39 Å². The number of aryl methyl sites for hydroxylation is 2. The lowest BCUT2D eigenvalue weighted by molar-refractivity contribution is 0.606. The van der Waals surface area contributed by atoms with Crippen LogP contribution < -0.4 is 5.32 Å². The molecular formula is C12H15FN4. The third kappa shape index (κ3) is 2.88. The third-order valence-corrected chi connectivity index (χ3v) is 2.65. The maximum atomic E-state index is 13.3. The van der Waals surface area contributed by atoms with Crippen molar-refractivity contribution >= 4 is 0 Å². The second-order valence-electron chi connectivity index (χ2n) is 4.05. The summed E-state index contributed by atoms with van der Waals surface area (Å²) in [7, 11) is 1.89. The zero-order valence-electron chi connectivity index (χ0n) is 9.94. The minimum absolute atomic E-state index is 0.164. The lowest BCUT2D eigenvalue weighted by Crippen LogP contribution is -2.15. The van der Waals surface area contributed by atoms with Crippen LogP contribution in [0.1, 0.15) is 17.0 Å². The highest BCUT2D eigenvalue weighted by Gasteiger charge is 2.01. The highest BCUT2D eigenvalue weighted by molar-refractivity contribution is 5.23. The number of nitrogens with one attached hydrogen (secondary N) is 1. The molecule has 17 heavy (non-hydrogen) atoms. The molecule has 2 rings (SSSR count). The van der Waals surface area contributed by atoms with E-state index >= 15 is 0 Å². The van der Waals surface area contributed by atoms with Gasteiger partial charge >= 0.3 is 0 Å². The lowest BCUT2D eigenvalue weighted by atomic mass is 10.1. The summed E-state index contributed by atoms with van der Waals surface area (Å²) >= 11 is 0. The number of hydrogen-bond acceptors (Lipinski definition) is 3. The molecule has 1 aromatic heterocycles. The molecule has 0 saturated heterocycles. The molecule has 0 fully saturated rings. The lowest BCUT2D eigenvalue weighted by Gasteiger charge is -2.05. The van der Waals surface area contributed by atoms with E-state index in [9.17, 15) is 4.39 Å². The molecule has 5 heteroatoms. The number of hydrogen-bond donors (Lipinski definition) is 1. The van der Waals surface area contributed by atoms with Crippen molar-refractivity contribution in [2.45, 2.75) is 20.0 Å². The molecular weight excluding hydrogens is 219 g/mol. The summed E-state index contributed by atoms with van der Waals surface area (Å²) < 4.78 is 15.1. The van der Waals surface area contributed by atoms with Gasteiger partial charge < -0.3 is 9.88 Å². The Morgan fingerprint density at radius 3 is 2.82 bits per heavy atom. The van der Waals surface area contributed by atoms with E-state index in [1.54, 1.807) is 25.4 Å². The Bertz CT molecular complexity index is 507. The van der Waals surface area contributed by atoms with E-state index in [0.717, 1.165) is 11.4 Å². The second kappa shape index (κ2) is 5.05. The van der Waals surface area contributed by atoms with E-state index < -0.39 is 0 Å². The molecule has 0 saturated carbocycles. The average Bonchev–Trinajstić information content (AvgIpc) is 2.70. The van der Waals surface area contributed by atoms with Gasteiger partial charge in [0.1, 0.15) is 18.0 Å². The largest absolute Gasteiger partial charge is 0.320 e. The molecule has 0 atom stereocenters. The predicted octanol–water partition coefficient (Wildman–Crippen LogP) is 1.55. The zero-order chi connectivity index (χ0) is 12.3. The minimum atomic E-state index is -0.164. The summed E-state index contributed by atoms with van der Waals surface area (Å²) in [6.45, 7) is 2.99. The summed E-state index contributed by atoms with van der Waals surface area (Å²) in [5.41, 5.74) is 1.59. The molecule has 0 aliphatic heterocycles. The van der Waals surface area contributed by atoms with Gasteiger partial charge in [-0.15, -0.1) is 10.2 Å². The first kappa shape index (κ1) is 11.7. The topological polar surface area (TPSA) is 42.7 Å². The number of halogens is 1. The Hall–Kier alpha value is -1.75. The maximum absolute atomic E-state index is 13.3. The molecule has 0 bridgehead atoms. The van der Waals surface area contributed by atoms with Crippen LogP contribution in [0, 0.1) is 12.7 Å². The fourth-order valence-electron chi connectivity index (χ4n) is 1.53. The smallest absolute Gasteiger partial charge is 0.146 e. The maximum Gasteiger partial charge on any atom is 0.146 e. The Kier molecular flexibility index (Phi) is 3.49. The van der Waals surface area contributed by atoms with Gasteiger partial charge in [-0.1, -0.05) is 12.1 Å². The number of rotatable bonds is 4. The van der Waals surface area contributed by atoms with Gasteiger partial charge in [0, 0.05) is 13.6 Å². The minimum Gasteiger partial charge on any atom is -0.320 e. The molecule has 0 aliphatic carbocycles. The van der Waals surface area contributed by atoms with Gasteiger partial charge in [0.2, 0.25) is 0 Å². The van der Waals surface area contributed by atoms with Crippen LogP contribution in [0.3, 0.4) is 0 Å². The molecule has 0 amide bonds. The zero-order valence-corrected chi connectivity index (χ0v) is 9.94. The van der Waals surface area contributed by atoms with Gasteiger partial charge in [-0.3, -0.25) is 0 Å². The highest BCUT2D eigenvalue weighted by atomic mass is 19.1. The van der Waals surface area contributed by atoms with E-state index in [4.69, 9.17) is 0 Å². The molecule has 0 radical (unpaired) electrons. The Morgan fingerprint density at radius 2 is 2.18 bits per heavy atom. The van der Waals surface area contributed by atoms with Gasteiger partial charge in [-0.25, -0.2) is 4.39 Å². The van der Waals surface area contributed by atoms with Crippen molar-refractivity contribution in [3.63, 3.8) is 0 Å². The quantitative estimate of drug-likeness (QED) is 0.872. The first-order valence-electron chi connectivity index (χ1n) is 5.45. The molecule has 1 heterocycles. The second-order valence-corrected chi connectivity index (χ2v) is 4.05. The predicted molar refractivity (Wildman–Crippen MR) is 62.7 cm³/mol. The summed E-state index contributed by atoms with van der Waals surface area (Å²) in [5.74, 6) is 0.695. The van der Waals surface area contributed by atoms with Crippen LogP contribution >= 0.6 is 0 Å². The van der Waals surface area contributed by atoms with Crippen LogP contribution in [0.5, 0.6) is 0 Å². The van der Waals surface area contributed by atoms with Crippen LogP contribution in [0.25, 0.3) is 0 Å². The summed E-state index contributed by atoms with van der Waals surface area (Å²) in [4.78, 5) is 0. The number of benzene rings is 1. The van der Waals surface area contributed by atoms with Gasteiger partial charge in [0.05, 0.1) is 6.54 Å². The molecule has 4 nitrogen and oxygen atoms in total. The van der Waals surface area contributed by atoms with Crippen LogP contribution in [0.2, 0.25) is 0 Å². The van der Waals surface area contributed by atoms with E-state index in [2.05, 4.69) is 15.5 Å². The van der Waals surface area contributed by atoms with Crippen molar-refractivity contribution in [3.05, 3.63) is 47.3 Å². The Labute approximate surface area is 99.5 Å². The van der Waals surface area contributed by atoms with Crippen molar-refractivity contribution in [1.82, 2.24) is 20.1 Å². The molecule has 0 unspecified atom stereocenters. The Balaban J connectivity index is 1.90. The molecule has 90 valence electrons. The van der Waals surface area contributed by atoms with Crippen LogP contribution in [0.4, 0.5) is 4.39 Å². The summed E-state index contributed by atoms with van der Waals surface area (Å²) in [6.07, 6.45) is 1.66. The molecule has 0 aliphatic rings. The van der Waals surface area contributed by atoms with Crippen molar-refractivity contribution in [2.24, 2.45) is 7.05 Å². The molecule has 0 spiro atoms. The molecule has 1 aromatic carbocycles. The summed E-state index contributed by atoms with van der Waals surface area (Å²) in [5, 5.41) is 10.9. The molecule has 1 N–H and O–H groups in total. The standard InChI is InChI=1S/C12H15FN4/c1-9-3-4-10(5-11(9)13)6-14-7-12-16-15-8-17(12)2/h3-5,8,14H,6-7H2,1-2H3. The average molecular weight is 234 g/mol. The van der Waals surface area contributed by atoms with E-state index in [1.165, 1.54) is 0 Å². The van der Waals surface area contributed by atoms with E-state index in [0.29, 0.717) is 18.7 Å². The number of nitrogens with zero attached hydrogens (tertiary/aromatic N) is 3. The van der Waals surface area contributed by atoms with Crippen LogP contribution in [-0.2, 0) is 20.1 Å². The number of aromatic nitrogens is 3. The van der Waals surface area contributed by atoms with Crippen molar-refractivity contribution in [3.8, 4) is 0 Å².